The molecule has 1 unspecified atom stereocenters. The maximum Gasteiger partial charge on any atom is 0.254 e. The predicted molar refractivity (Wildman–Crippen MR) is 68.1 cm³/mol. The fourth-order valence-electron chi connectivity index (χ4n) is 1.59. The van der Waals surface area contributed by atoms with Crippen LogP contribution in [0.1, 0.15) is 12.6 Å². The number of pyridine rings is 1. The van der Waals surface area contributed by atoms with Gasteiger partial charge in [-0.2, -0.15) is 5.10 Å². The highest BCUT2D eigenvalue weighted by atomic mass is 35.5. The predicted octanol–water partition coefficient (Wildman–Crippen LogP) is 2.08. The molecule has 2 heterocycles. The summed E-state index contributed by atoms with van der Waals surface area (Å²) in [5, 5.41) is 0.759. The second kappa shape index (κ2) is 4.57. The molecule has 2 rings (SSSR count). The first-order valence-corrected chi connectivity index (χ1v) is 7.17. The summed E-state index contributed by atoms with van der Waals surface area (Å²) in [4.78, 5) is 3.40. The molecule has 0 aliphatic carbocycles. The monoisotopic (exact) mass is 303 g/mol. The Bertz CT molecular complexity index is 698. The van der Waals surface area contributed by atoms with E-state index in [9.17, 15) is 12.8 Å². The molecular formula is C11H11ClFN3O2S. The van der Waals surface area contributed by atoms with Crippen molar-refractivity contribution in [3.63, 3.8) is 0 Å². The van der Waals surface area contributed by atoms with Crippen LogP contribution in [0.5, 0.6) is 0 Å². The number of sulfone groups is 1. The van der Waals surface area contributed by atoms with E-state index in [-0.39, 0.29) is 15.7 Å². The van der Waals surface area contributed by atoms with Crippen LogP contribution in [0.25, 0.3) is 0 Å². The lowest BCUT2D eigenvalue weighted by atomic mass is 10.2. The molecule has 0 amide bonds. The molecule has 5 nitrogen and oxygen atoms in total. The highest BCUT2D eigenvalue weighted by molar-refractivity contribution is 7.92. The van der Waals surface area contributed by atoms with Crippen molar-refractivity contribution in [1.82, 2.24) is 14.8 Å². The molecule has 0 aromatic carbocycles. The minimum absolute atomic E-state index is 0.199. The molecule has 102 valence electrons. The third-order valence-electron chi connectivity index (χ3n) is 2.67. The molecule has 19 heavy (non-hydrogen) atoms. The maximum atomic E-state index is 14.7. The summed E-state index contributed by atoms with van der Waals surface area (Å²) in [5.74, 6) is 0. The van der Waals surface area contributed by atoms with Gasteiger partial charge in [-0.1, -0.05) is 17.7 Å². The lowest BCUT2D eigenvalue weighted by Crippen LogP contribution is -2.28. The van der Waals surface area contributed by atoms with Crippen molar-refractivity contribution in [1.29, 1.82) is 0 Å². The van der Waals surface area contributed by atoms with Gasteiger partial charge >= 0.3 is 0 Å². The zero-order valence-electron chi connectivity index (χ0n) is 10.2. The van der Waals surface area contributed by atoms with Gasteiger partial charge in [0.2, 0.25) is 9.84 Å². The molecule has 0 radical (unpaired) electrons. The first-order valence-electron chi connectivity index (χ1n) is 5.31. The molecule has 0 spiro atoms. The van der Waals surface area contributed by atoms with Crippen LogP contribution >= 0.6 is 11.6 Å². The third kappa shape index (κ3) is 2.23. The normalized spacial score (nSPS) is 15.2. The van der Waals surface area contributed by atoms with Crippen molar-refractivity contribution in [2.45, 2.75) is 16.8 Å². The number of hydrogen-bond acceptors (Lipinski definition) is 4. The van der Waals surface area contributed by atoms with E-state index in [0.29, 0.717) is 0 Å². The molecule has 1 atom stereocenters. The van der Waals surface area contributed by atoms with E-state index in [1.807, 2.05) is 0 Å². The van der Waals surface area contributed by atoms with E-state index in [1.54, 1.807) is 6.07 Å². The largest absolute Gasteiger partial charge is 0.273 e. The average molecular weight is 304 g/mol. The summed E-state index contributed by atoms with van der Waals surface area (Å²) in [7, 11) is -2.84. The first kappa shape index (κ1) is 14.0. The third-order valence-corrected chi connectivity index (χ3v) is 5.16. The highest BCUT2D eigenvalue weighted by Crippen LogP contribution is 2.37. The number of aromatic nitrogens is 3. The second-order valence-corrected chi connectivity index (χ2v) is 6.66. The SMILES string of the molecule is Cn1cc(S(=O)(=O)C(C)(F)c2ccccn2)c(Cl)n1. The summed E-state index contributed by atoms with van der Waals surface area (Å²) in [5.41, 5.74) is -0.199. The molecule has 0 bridgehead atoms. The van der Waals surface area contributed by atoms with E-state index in [2.05, 4.69) is 10.1 Å². The summed E-state index contributed by atoms with van der Waals surface area (Å²) in [6.07, 6.45) is 2.49. The highest BCUT2D eigenvalue weighted by Gasteiger charge is 2.45. The van der Waals surface area contributed by atoms with Gasteiger partial charge in [0.15, 0.2) is 5.15 Å². The quantitative estimate of drug-likeness (QED) is 0.871. The number of halogens is 2. The van der Waals surface area contributed by atoms with Gasteiger partial charge in [0, 0.05) is 19.4 Å². The van der Waals surface area contributed by atoms with Gasteiger partial charge in [0.1, 0.15) is 4.90 Å². The number of nitrogens with zero attached hydrogens (tertiary/aromatic N) is 3. The van der Waals surface area contributed by atoms with Gasteiger partial charge in [0.25, 0.3) is 5.00 Å². The van der Waals surface area contributed by atoms with Crippen LogP contribution in [-0.4, -0.2) is 23.2 Å². The minimum Gasteiger partial charge on any atom is -0.273 e. The van der Waals surface area contributed by atoms with Gasteiger partial charge in [-0.25, -0.2) is 12.8 Å². The molecular weight excluding hydrogens is 293 g/mol. The zero-order chi connectivity index (χ0) is 14.3. The molecule has 2 aromatic heterocycles. The van der Waals surface area contributed by atoms with Crippen LogP contribution in [0.4, 0.5) is 4.39 Å². The summed E-state index contributed by atoms with van der Waals surface area (Å²) in [6.45, 7) is 0.938. The first-order chi connectivity index (χ1) is 8.76. The van der Waals surface area contributed by atoms with Crippen molar-refractivity contribution >= 4 is 21.4 Å². The van der Waals surface area contributed by atoms with Gasteiger partial charge in [-0.05, 0) is 19.1 Å². The summed E-state index contributed by atoms with van der Waals surface area (Å²) < 4.78 is 40.6. The summed E-state index contributed by atoms with van der Waals surface area (Å²) >= 11 is 5.72. The molecule has 0 fully saturated rings. The van der Waals surface area contributed by atoms with Gasteiger partial charge in [0.05, 0.1) is 5.69 Å². The lowest BCUT2D eigenvalue weighted by Gasteiger charge is -2.19. The molecule has 0 saturated carbocycles. The number of alkyl halides is 1. The van der Waals surface area contributed by atoms with E-state index in [0.717, 1.165) is 6.92 Å². The molecule has 0 aliphatic heterocycles. The Kier molecular flexibility index (Phi) is 3.36. The van der Waals surface area contributed by atoms with Crippen molar-refractivity contribution in [3.8, 4) is 0 Å². The zero-order valence-corrected chi connectivity index (χ0v) is 11.8. The van der Waals surface area contributed by atoms with Crippen molar-refractivity contribution in [2.24, 2.45) is 7.05 Å². The van der Waals surface area contributed by atoms with Crippen LogP contribution in [0.3, 0.4) is 0 Å². The van der Waals surface area contributed by atoms with Crippen molar-refractivity contribution < 1.29 is 12.8 Å². The van der Waals surface area contributed by atoms with Gasteiger partial charge in [-0.3, -0.25) is 9.67 Å². The number of rotatable bonds is 3. The Labute approximate surface area is 115 Å². The Morgan fingerprint density at radius 1 is 1.42 bits per heavy atom. The Morgan fingerprint density at radius 3 is 2.58 bits per heavy atom. The van der Waals surface area contributed by atoms with Crippen molar-refractivity contribution in [3.05, 3.63) is 41.4 Å². The van der Waals surface area contributed by atoms with Crippen LogP contribution < -0.4 is 0 Å². The molecule has 0 N–H and O–H groups in total. The van der Waals surface area contributed by atoms with E-state index in [1.165, 1.54) is 36.3 Å². The van der Waals surface area contributed by atoms with Crippen LogP contribution in [0.15, 0.2) is 35.5 Å². The molecule has 0 aliphatic rings. The Morgan fingerprint density at radius 2 is 2.11 bits per heavy atom. The fourth-order valence-corrected chi connectivity index (χ4v) is 3.43. The Hall–Kier alpha value is -1.47. The number of hydrogen-bond donors (Lipinski definition) is 0. The van der Waals surface area contributed by atoms with Gasteiger partial charge in [-0.15, -0.1) is 0 Å². The molecule has 0 saturated heterocycles. The minimum atomic E-state index is -4.35. The van der Waals surface area contributed by atoms with Crippen LogP contribution in [0, 0.1) is 0 Å². The average Bonchev–Trinajstić information content (AvgIpc) is 2.70. The maximum absolute atomic E-state index is 14.7. The smallest absolute Gasteiger partial charge is 0.254 e. The van der Waals surface area contributed by atoms with Crippen molar-refractivity contribution in [2.75, 3.05) is 0 Å². The topological polar surface area (TPSA) is 64.8 Å². The molecule has 8 heteroatoms. The van der Waals surface area contributed by atoms with Crippen LogP contribution in [0.2, 0.25) is 5.15 Å². The second-order valence-electron chi connectivity index (χ2n) is 4.09. The van der Waals surface area contributed by atoms with E-state index < -0.39 is 14.8 Å². The summed E-state index contributed by atoms with van der Waals surface area (Å²) in [6, 6.07) is 4.39. The molecule has 2 aromatic rings. The van der Waals surface area contributed by atoms with E-state index in [4.69, 9.17) is 11.6 Å². The standard InChI is InChI=1S/C11H11ClFN3O2S/c1-11(13,9-5-3-4-6-14-9)19(17,18)8-7-16(2)15-10(8)12/h3-7H,1-2H3. The fraction of sp³-hybridized carbons (Fsp3) is 0.273. The lowest BCUT2D eigenvalue weighted by molar-refractivity contribution is 0.291. The van der Waals surface area contributed by atoms with Gasteiger partial charge < -0.3 is 0 Å². The van der Waals surface area contributed by atoms with Crippen LogP contribution in [-0.2, 0) is 21.9 Å². The number of aryl methyl sites for hydroxylation is 1. The Balaban J connectivity index is 2.59. The van der Waals surface area contributed by atoms with E-state index >= 15 is 0 Å².